The molecular weight excluding hydrogens is 284 g/mol. The molecule has 0 aromatic heterocycles. The number of ketones is 1. The first-order valence-electron chi connectivity index (χ1n) is 5.34. The lowest BCUT2D eigenvalue weighted by atomic mass is 10.1. The molecule has 0 amide bonds. The smallest absolute Gasteiger partial charge is 0.190 e. The van der Waals surface area contributed by atoms with Crippen LogP contribution in [0.3, 0.4) is 0 Å². The molecule has 0 spiro atoms. The van der Waals surface area contributed by atoms with Crippen LogP contribution in [0.25, 0.3) is 4.48 Å². The van der Waals surface area contributed by atoms with Crippen LogP contribution in [0.1, 0.15) is 28.8 Å². The Morgan fingerprint density at radius 1 is 1.18 bits per heavy atom. The Kier molecular flexibility index (Phi) is 3.54. The maximum absolute atomic E-state index is 12.1. The van der Waals surface area contributed by atoms with E-state index in [1.165, 1.54) is 12.1 Å². The maximum atomic E-state index is 12.1. The Bertz CT molecular complexity index is 561. The molecule has 1 aliphatic carbocycles. The van der Waals surface area contributed by atoms with Crippen LogP contribution in [-0.2, 0) is 0 Å². The van der Waals surface area contributed by atoms with Gasteiger partial charge in [0.05, 0.1) is 0 Å². The normalized spacial score (nSPS) is 14.1. The molecule has 0 bridgehead atoms. The fourth-order valence-electron chi connectivity index (χ4n) is 1.88. The monoisotopic (exact) mass is 294 g/mol. The molecule has 88 valence electrons. The van der Waals surface area contributed by atoms with E-state index in [0.717, 1.165) is 0 Å². The molecule has 3 nitrogen and oxygen atoms in total. The van der Waals surface area contributed by atoms with Crippen molar-refractivity contribution < 1.29 is 9.90 Å². The molecule has 0 saturated carbocycles. The summed E-state index contributed by atoms with van der Waals surface area (Å²) in [5.74, 6) is -0.0593. The van der Waals surface area contributed by atoms with E-state index in [2.05, 4.69) is 15.9 Å². The zero-order valence-electron chi connectivity index (χ0n) is 9.07. The summed E-state index contributed by atoms with van der Waals surface area (Å²) in [5, 5.41) is 8.80. The van der Waals surface area contributed by atoms with E-state index >= 15 is 0 Å². The van der Waals surface area contributed by atoms with E-state index in [1.807, 2.05) is 0 Å². The average Bonchev–Trinajstić information content (AvgIpc) is 2.46. The molecule has 0 aliphatic heterocycles. The third-order valence-electron chi connectivity index (χ3n) is 2.71. The first kappa shape index (κ1) is 12.2. The zero-order chi connectivity index (χ0) is 12.4. The van der Waals surface area contributed by atoms with Gasteiger partial charge in [0, 0.05) is 27.8 Å². The van der Waals surface area contributed by atoms with Gasteiger partial charge in [-0.1, -0.05) is 12.1 Å². The Hall–Kier alpha value is -1.26. The van der Waals surface area contributed by atoms with Crippen LogP contribution < -0.4 is 5.43 Å². The van der Waals surface area contributed by atoms with Crippen molar-refractivity contribution >= 4 is 26.2 Å². The van der Waals surface area contributed by atoms with Gasteiger partial charge in [-0.3, -0.25) is 9.59 Å². The number of Topliss-reactive ketones (excluding diaryl/α,β-unsaturated/α-hetero) is 1. The molecule has 1 aliphatic rings. The van der Waals surface area contributed by atoms with Gasteiger partial charge in [-0.15, -0.1) is 0 Å². The van der Waals surface area contributed by atoms with Gasteiger partial charge < -0.3 is 5.11 Å². The molecule has 4 heteroatoms. The number of fused-ring (bicyclic) bond motifs is 1. The fraction of sp³-hybridized carbons (Fsp3) is 0.231. The predicted molar refractivity (Wildman–Crippen MR) is 69.2 cm³/mol. The lowest BCUT2D eigenvalue weighted by Gasteiger charge is -1.99. The molecule has 1 aromatic carbocycles. The number of rotatable bonds is 3. The van der Waals surface area contributed by atoms with Crippen molar-refractivity contribution in [3.05, 3.63) is 51.2 Å². The molecule has 0 heterocycles. The molecular formula is C13H11BrO3. The highest BCUT2D eigenvalue weighted by Gasteiger charge is 2.27. The standard InChI is InChI=1S/C13H11BrO3/c14-12-10(5-2-6-15)13(17)9-4-1-3-8(16)7-11(9)12/h1,3-4,7,15H,2,5-6H2. The highest BCUT2D eigenvalue weighted by Crippen LogP contribution is 2.37. The minimum absolute atomic E-state index is 0.0496. The molecule has 0 unspecified atom stereocenters. The van der Waals surface area contributed by atoms with Crippen LogP contribution in [0.4, 0.5) is 0 Å². The van der Waals surface area contributed by atoms with Crippen molar-refractivity contribution in [3.8, 4) is 0 Å². The van der Waals surface area contributed by atoms with Crippen LogP contribution in [0.2, 0.25) is 0 Å². The summed E-state index contributed by atoms with van der Waals surface area (Å²) in [6, 6.07) is 6.14. The summed E-state index contributed by atoms with van der Waals surface area (Å²) in [7, 11) is 0. The quantitative estimate of drug-likeness (QED) is 0.929. The summed E-state index contributed by atoms with van der Waals surface area (Å²) >= 11 is 3.37. The fourth-order valence-corrected chi connectivity index (χ4v) is 2.59. The van der Waals surface area contributed by atoms with E-state index in [0.29, 0.717) is 34.0 Å². The van der Waals surface area contributed by atoms with Gasteiger partial charge in [0.1, 0.15) is 0 Å². The third kappa shape index (κ3) is 2.23. The van der Waals surface area contributed by atoms with Gasteiger partial charge >= 0.3 is 0 Å². The second-order valence-corrected chi connectivity index (χ2v) is 4.64. The van der Waals surface area contributed by atoms with Crippen molar-refractivity contribution in [2.75, 3.05) is 6.61 Å². The highest BCUT2D eigenvalue weighted by molar-refractivity contribution is 9.15. The largest absolute Gasteiger partial charge is 0.396 e. The van der Waals surface area contributed by atoms with Crippen molar-refractivity contribution in [1.82, 2.24) is 0 Å². The number of carbonyl (C=O) groups is 1. The van der Waals surface area contributed by atoms with Crippen LogP contribution in [-0.4, -0.2) is 17.5 Å². The lowest BCUT2D eigenvalue weighted by Crippen LogP contribution is -1.99. The second-order valence-electron chi connectivity index (χ2n) is 3.85. The van der Waals surface area contributed by atoms with Gasteiger partial charge in [-0.05, 0) is 40.9 Å². The zero-order valence-corrected chi connectivity index (χ0v) is 10.7. The molecule has 0 fully saturated rings. The molecule has 2 rings (SSSR count). The number of hydrogen-bond acceptors (Lipinski definition) is 3. The molecule has 0 radical (unpaired) electrons. The highest BCUT2D eigenvalue weighted by atomic mass is 79.9. The van der Waals surface area contributed by atoms with Gasteiger partial charge in [0.2, 0.25) is 0 Å². The van der Waals surface area contributed by atoms with Gasteiger partial charge in [-0.25, -0.2) is 0 Å². The topological polar surface area (TPSA) is 54.4 Å². The van der Waals surface area contributed by atoms with E-state index in [4.69, 9.17) is 5.11 Å². The molecule has 17 heavy (non-hydrogen) atoms. The van der Waals surface area contributed by atoms with Gasteiger partial charge in [-0.2, -0.15) is 0 Å². The van der Waals surface area contributed by atoms with Crippen LogP contribution in [0.5, 0.6) is 0 Å². The van der Waals surface area contributed by atoms with E-state index < -0.39 is 0 Å². The number of aliphatic hydroxyl groups excluding tert-OH is 1. The summed E-state index contributed by atoms with van der Waals surface area (Å²) < 4.78 is 0.680. The third-order valence-corrected chi connectivity index (χ3v) is 3.61. The van der Waals surface area contributed by atoms with Crippen LogP contribution in [0.15, 0.2) is 34.6 Å². The second kappa shape index (κ2) is 4.94. The molecule has 0 saturated heterocycles. The van der Waals surface area contributed by atoms with E-state index in [-0.39, 0.29) is 17.8 Å². The van der Waals surface area contributed by atoms with Crippen molar-refractivity contribution in [3.63, 3.8) is 0 Å². The minimum Gasteiger partial charge on any atom is -0.396 e. The average molecular weight is 295 g/mol. The Balaban J connectivity index is 2.52. The Labute approximate surface area is 107 Å². The van der Waals surface area contributed by atoms with Crippen molar-refractivity contribution in [2.24, 2.45) is 0 Å². The number of carbonyl (C=O) groups excluding carboxylic acids is 1. The Morgan fingerprint density at radius 2 is 1.94 bits per heavy atom. The first-order valence-corrected chi connectivity index (χ1v) is 6.13. The minimum atomic E-state index is -0.126. The molecule has 1 N–H and O–H groups in total. The van der Waals surface area contributed by atoms with Crippen molar-refractivity contribution in [1.29, 1.82) is 0 Å². The van der Waals surface area contributed by atoms with Gasteiger partial charge in [0.25, 0.3) is 0 Å². The SMILES string of the molecule is O=C1C(CCCO)=C(Br)c2cc(=O)cccc21. The summed E-state index contributed by atoms with van der Waals surface area (Å²) in [5.41, 5.74) is 1.71. The number of hydrogen-bond donors (Lipinski definition) is 1. The lowest BCUT2D eigenvalue weighted by molar-refractivity contribution is 0.103. The van der Waals surface area contributed by atoms with Crippen LogP contribution >= 0.6 is 15.9 Å². The Morgan fingerprint density at radius 3 is 2.65 bits per heavy atom. The summed E-state index contributed by atoms with van der Waals surface area (Å²) in [4.78, 5) is 23.5. The summed E-state index contributed by atoms with van der Waals surface area (Å²) in [6.07, 6.45) is 1.06. The predicted octanol–water partition coefficient (Wildman–Crippen LogP) is 2.12. The van der Waals surface area contributed by atoms with Gasteiger partial charge in [0.15, 0.2) is 11.2 Å². The first-order chi connectivity index (χ1) is 8.15. The van der Waals surface area contributed by atoms with Crippen molar-refractivity contribution in [2.45, 2.75) is 12.8 Å². The number of allylic oxidation sites excluding steroid dienone is 1. The summed E-state index contributed by atoms with van der Waals surface area (Å²) in [6.45, 7) is 0.0496. The maximum Gasteiger partial charge on any atom is 0.190 e. The molecule has 0 atom stereocenters. The number of halogens is 1. The van der Waals surface area contributed by atoms with E-state index in [9.17, 15) is 9.59 Å². The van der Waals surface area contributed by atoms with Crippen LogP contribution in [0, 0.1) is 0 Å². The number of aliphatic hydroxyl groups is 1. The molecule has 1 aromatic rings. The van der Waals surface area contributed by atoms with E-state index in [1.54, 1.807) is 12.1 Å².